The summed E-state index contributed by atoms with van der Waals surface area (Å²) >= 11 is 0. The fourth-order valence-electron chi connectivity index (χ4n) is 3.47. The number of piperazine rings is 1. The van der Waals surface area contributed by atoms with E-state index < -0.39 is 0 Å². The smallest absolute Gasteiger partial charge is 0.257 e. The fourth-order valence-corrected chi connectivity index (χ4v) is 3.47. The van der Waals surface area contributed by atoms with E-state index in [0.717, 1.165) is 39.3 Å². The van der Waals surface area contributed by atoms with Crippen molar-refractivity contribution in [3.8, 4) is 5.75 Å². The number of nitrogens with zero attached hydrogens (tertiary/aromatic N) is 2. The molecule has 0 aromatic heterocycles. The van der Waals surface area contributed by atoms with Crippen molar-refractivity contribution >= 4 is 5.91 Å². The minimum Gasteiger partial charge on any atom is -0.493 e. The van der Waals surface area contributed by atoms with Crippen molar-refractivity contribution in [2.24, 2.45) is 0 Å². The summed E-state index contributed by atoms with van der Waals surface area (Å²) in [5.74, 6) is 0.760. The SMILES string of the molecule is CCOc1ccccc1C(=O)N1CCN(CC2CCCCO2)CC1. The van der Waals surface area contributed by atoms with E-state index in [1.54, 1.807) is 0 Å². The first kappa shape index (κ1) is 17.2. The van der Waals surface area contributed by atoms with Gasteiger partial charge in [-0.25, -0.2) is 0 Å². The molecule has 132 valence electrons. The van der Waals surface area contributed by atoms with Crippen LogP contribution in [0.4, 0.5) is 0 Å². The van der Waals surface area contributed by atoms with Gasteiger partial charge in [-0.3, -0.25) is 9.69 Å². The number of hydrogen-bond acceptors (Lipinski definition) is 4. The van der Waals surface area contributed by atoms with Gasteiger partial charge < -0.3 is 14.4 Å². The Morgan fingerprint density at radius 1 is 1.21 bits per heavy atom. The van der Waals surface area contributed by atoms with E-state index in [9.17, 15) is 4.79 Å². The highest BCUT2D eigenvalue weighted by Gasteiger charge is 2.26. The lowest BCUT2D eigenvalue weighted by Crippen LogP contribution is -2.50. The van der Waals surface area contributed by atoms with Gasteiger partial charge in [0.05, 0.1) is 18.3 Å². The van der Waals surface area contributed by atoms with Gasteiger partial charge in [0.1, 0.15) is 5.75 Å². The molecule has 0 saturated carbocycles. The second-order valence-corrected chi connectivity index (χ2v) is 6.51. The van der Waals surface area contributed by atoms with Crippen molar-refractivity contribution in [1.29, 1.82) is 0 Å². The van der Waals surface area contributed by atoms with Gasteiger partial charge in [-0.15, -0.1) is 0 Å². The summed E-state index contributed by atoms with van der Waals surface area (Å²) in [5, 5.41) is 0. The van der Waals surface area contributed by atoms with Gasteiger partial charge in [0.25, 0.3) is 5.91 Å². The van der Waals surface area contributed by atoms with Gasteiger partial charge in [0.15, 0.2) is 0 Å². The summed E-state index contributed by atoms with van der Waals surface area (Å²) in [6, 6.07) is 7.53. The third-order valence-corrected chi connectivity index (χ3v) is 4.81. The van der Waals surface area contributed by atoms with Crippen LogP contribution in [0.1, 0.15) is 36.5 Å². The molecular formula is C19H28N2O3. The third-order valence-electron chi connectivity index (χ3n) is 4.81. The Hall–Kier alpha value is -1.59. The van der Waals surface area contributed by atoms with Crippen molar-refractivity contribution in [2.75, 3.05) is 45.9 Å². The van der Waals surface area contributed by atoms with Crippen LogP contribution < -0.4 is 4.74 Å². The van der Waals surface area contributed by atoms with E-state index >= 15 is 0 Å². The molecule has 0 spiro atoms. The molecule has 2 heterocycles. The Kier molecular flexibility index (Phi) is 6.10. The first-order chi connectivity index (χ1) is 11.8. The molecule has 5 nitrogen and oxygen atoms in total. The molecule has 1 aromatic rings. The molecule has 2 aliphatic heterocycles. The zero-order valence-electron chi connectivity index (χ0n) is 14.6. The van der Waals surface area contributed by atoms with Crippen LogP contribution in [0.3, 0.4) is 0 Å². The third kappa shape index (κ3) is 4.28. The monoisotopic (exact) mass is 332 g/mol. The summed E-state index contributed by atoms with van der Waals surface area (Å²) in [5.41, 5.74) is 0.670. The van der Waals surface area contributed by atoms with Crippen LogP contribution in [0, 0.1) is 0 Å². The molecule has 1 aromatic carbocycles. The predicted molar refractivity (Wildman–Crippen MR) is 93.5 cm³/mol. The molecule has 3 rings (SSSR count). The number of para-hydroxylation sites is 1. The molecule has 2 aliphatic rings. The maximum Gasteiger partial charge on any atom is 0.257 e. The zero-order valence-corrected chi connectivity index (χ0v) is 14.6. The van der Waals surface area contributed by atoms with Crippen LogP contribution in [0.15, 0.2) is 24.3 Å². The average Bonchev–Trinajstić information content (AvgIpc) is 2.63. The number of rotatable bonds is 5. The Morgan fingerprint density at radius 2 is 2.00 bits per heavy atom. The normalized spacial score (nSPS) is 22.4. The summed E-state index contributed by atoms with van der Waals surface area (Å²) in [4.78, 5) is 17.2. The first-order valence-corrected chi connectivity index (χ1v) is 9.13. The quantitative estimate of drug-likeness (QED) is 0.830. The zero-order chi connectivity index (χ0) is 16.8. The standard InChI is InChI=1S/C19H28N2O3/c1-2-23-18-9-4-3-8-17(18)19(22)21-12-10-20(11-13-21)15-16-7-5-6-14-24-16/h3-4,8-9,16H,2,5-7,10-15H2,1H3. The van der Waals surface area contributed by atoms with Gasteiger partial charge in [0.2, 0.25) is 0 Å². The molecule has 0 N–H and O–H groups in total. The summed E-state index contributed by atoms with van der Waals surface area (Å²) in [6.07, 6.45) is 4.01. The molecule has 5 heteroatoms. The maximum absolute atomic E-state index is 12.8. The van der Waals surface area contributed by atoms with Crippen LogP contribution in [-0.2, 0) is 4.74 Å². The number of hydrogen-bond donors (Lipinski definition) is 0. The molecule has 1 atom stereocenters. The molecule has 1 unspecified atom stereocenters. The van der Waals surface area contributed by atoms with E-state index in [-0.39, 0.29) is 5.91 Å². The lowest BCUT2D eigenvalue weighted by atomic mass is 10.1. The van der Waals surface area contributed by atoms with Crippen molar-refractivity contribution in [3.05, 3.63) is 29.8 Å². The fraction of sp³-hybridized carbons (Fsp3) is 0.632. The summed E-state index contributed by atoms with van der Waals surface area (Å²) in [7, 11) is 0. The van der Waals surface area contributed by atoms with E-state index in [0.29, 0.717) is 24.0 Å². The highest BCUT2D eigenvalue weighted by molar-refractivity contribution is 5.97. The van der Waals surface area contributed by atoms with Gasteiger partial charge in [-0.05, 0) is 38.3 Å². The maximum atomic E-state index is 12.8. The molecule has 0 aliphatic carbocycles. The predicted octanol–water partition coefficient (Wildman–Crippen LogP) is 2.41. The Morgan fingerprint density at radius 3 is 2.71 bits per heavy atom. The van der Waals surface area contributed by atoms with Crippen molar-refractivity contribution in [2.45, 2.75) is 32.3 Å². The van der Waals surface area contributed by atoms with Gasteiger partial charge in [-0.2, -0.15) is 0 Å². The molecule has 1 amide bonds. The Labute approximate surface area is 144 Å². The Balaban J connectivity index is 1.53. The van der Waals surface area contributed by atoms with E-state index in [4.69, 9.17) is 9.47 Å². The largest absolute Gasteiger partial charge is 0.493 e. The first-order valence-electron chi connectivity index (χ1n) is 9.13. The van der Waals surface area contributed by atoms with E-state index in [1.165, 1.54) is 19.3 Å². The van der Waals surface area contributed by atoms with Gasteiger partial charge >= 0.3 is 0 Å². The van der Waals surface area contributed by atoms with Crippen molar-refractivity contribution < 1.29 is 14.3 Å². The Bertz CT molecular complexity index is 535. The van der Waals surface area contributed by atoms with Crippen molar-refractivity contribution in [3.63, 3.8) is 0 Å². The van der Waals surface area contributed by atoms with Crippen LogP contribution in [0.2, 0.25) is 0 Å². The van der Waals surface area contributed by atoms with Crippen LogP contribution in [-0.4, -0.2) is 67.7 Å². The summed E-state index contributed by atoms with van der Waals surface area (Å²) in [6.45, 7) is 7.78. The second kappa shape index (κ2) is 8.49. The molecule has 0 radical (unpaired) electrons. The number of benzene rings is 1. The second-order valence-electron chi connectivity index (χ2n) is 6.51. The van der Waals surface area contributed by atoms with E-state index in [2.05, 4.69) is 4.90 Å². The number of ether oxygens (including phenoxy) is 2. The minimum atomic E-state index is 0.0765. The van der Waals surface area contributed by atoms with Gasteiger partial charge in [-0.1, -0.05) is 12.1 Å². The molecular weight excluding hydrogens is 304 g/mol. The van der Waals surface area contributed by atoms with Crippen LogP contribution >= 0.6 is 0 Å². The average molecular weight is 332 g/mol. The topological polar surface area (TPSA) is 42.0 Å². The lowest BCUT2D eigenvalue weighted by Gasteiger charge is -2.37. The lowest BCUT2D eigenvalue weighted by molar-refractivity contribution is -0.0130. The van der Waals surface area contributed by atoms with Crippen LogP contribution in [0.25, 0.3) is 0 Å². The number of carbonyl (C=O) groups excluding carboxylic acids is 1. The highest BCUT2D eigenvalue weighted by Crippen LogP contribution is 2.21. The molecule has 24 heavy (non-hydrogen) atoms. The van der Waals surface area contributed by atoms with Gasteiger partial charge in [0, 0.05) is 39.3 Å². The minimum absolute atomic E-state index is 0.0765. The number of amides is 1. The molecule has 2 saturated heterocycles. The molecule has 0 bridgehead atoms. The van der Waals surface area contributed by atoms with E-state index in [1.807, 2.05) is 36.1 Å². The summed E-state index contributed by atoms with van der Waals surface area (Å²) < 4.78 is 11.4. The van der Waals surface area contributed by atoms with Crippen LogP contribution in [0.5, 0.6) is 5.75 Å². The highest BCUT2D eigenvalue weighted by atomic mass is 16.5. The van der Waals surface area contributed by atoms with Crippen molar-refractivity contribution in [1.82, 2.24) is 9.80 Å². The molecule has 2 fully saturated rings. The number of carbonyl (C=O) groups is 1.